The second-order valence-corrected chi connectivity index (χ2v) is 4.90. The Labute approximate surface area is 85.7 Å². The van der Waals surface area contributed by atoms with Gasteiger partial charge in [-0.3, -0.25) is 6.08 Å². The molecule has 0 nitrogen and oxygen atoms in total. The van der Waals surface area contributed by atoms with E-state index < -0.39 is 0 Å². The first-order valence-electron chi connectivity index (χ1n) is 3.83. The molecule has 0 fully saturated rings. The molecule has 0 spiro atoms. The van der Waals surface area contributed by atoms with E-state index in [2.05, 4.69) is 53.7 Å². The van der Waals surface area contributed by atoms with Crippen LogP contribution >= 0.6 is 0 Å². The molecule has 0 rings (SSSR count). The summed E-state index contributed by atoms with van der Waals surface area (Å²) in [5, 5.41) is 0. The standard InChI is InChI=1S/C10H19.W/c1-9(2,3)7-8-10(4,5)6;/h7H,1-6H3;/q-1;+2. The molecule has 0 unspecified atom stereocenters. The Kier molecular flexibility index (Phi) is 5.66. The summed E-state index contributed by atoms with van der Waals surface area (Å²) in [4.78, 5) is 0. The first-order chi connectivity index (χ1) is 4.21. The van der Waals surface area contributed by atoms with Gasteiger partial charge in [0.2, 0.25) is 0 Å². The van der Waals surface area contributed by atoms with Crippen LogP contribution in [0, 0.1) is 16.9 Å². The molecular weight excluding hydrogens is 304 g/mol. The molecule has 0 saturated heterocycles. The largest absolute Gasteiger partial charge is 2.00 e. The van der Waals surface area contributed by atoms with E-state index in [1.54, 1.807) is 0 Å². The second kappa shape index (κ2) is 4.45. The average molecular weight is 323 g/mol. The van der Waals surface area contributed by atoms with Crippen LogP contribution in [0.1, 0.15) is 41.5 Å². The Bertz CT molecular complexity index is 105. The van der Waals surface area contributed by atoms with Crippen LogP contribution in [-0.2, 0) is 21.1 Å². The first-order valence-corrected chi connectivity index (χ1v) is 3.83. The van der Waals surface area contributed by atoms with E-state index in [0.29, 0.717) is 0 Å². The molecule has 0 aromatic heterocycles. The third kappa shape index (κ3) is 13.4. The summed E-state index contributed by atoms with van der Waals surface area (Å²) in [5.74, 6) is 0. The molecule has 0 heterocycles. The van der Waals surface area contributed by atoms with Gasteiger partial charge in [-0.2, -0.15) is 5.41 Å². The van der Waals surface area contributed by atoms with Crippen molar-refractivity contribution in [3.63, 3.8) is 0 Å². The van der Waals surface area contributed by atoms with E-state index in [9.17, 15) is 0 Å². The number of rotatable bonds is 0. The van der Waals surface area contributed by atoms with Gasteiger partial charge in [-0.1, -0.05) is 47.0 Å². The monoisotopic (exact) mass is 323 g/mol. The summed E-state index contributed by atoms with van der Waals surface area (Å²) in [5.41, 5.74) is 0.473. The molecule has 0 saturated carbocycles. The van der Waals surface area contributed by atoms with Gasteiger partial charge in [0.15, 0.2) is 0 Å². The van der Waals surface area contributed by atoms with E-state index in [1.807, 2.05) is 0 Å². The normalized spacial score (nSPS) is 13.3. The van der Waals surface area contributed by atoms with Crippen LogP contribution in [0.5, 0.6) is 0 Å². The van der Waals surface area contributed by atoms with E-state index in [-0.39, 0.29) is 31.9 Å². The molecule has 1 heteroatoms. The molecule has 0 aliphatic rings. The zero-order valence-electron chi connectivity index (χ0n) is 8.49. The molecule has 0 atom stereocenters. The van der Waals surface area contributed by atoms with Gasteiger partial charge in [0, 0.05) is 0 Å². The Hall–Kier alpha value is 0.428. The fraction of sp³-hybridized carbons (Fsp3) is 0.800. The van der Waals surface area contributed by atoms with Crippen LogP contribution in [0.4, 0.5) is 0 Å². The Balaban J connectivity index is 0. The zero-order valence-corrected chi connectivity index (χ0v) is 11.4. The maximum atomic E-state index is 3.34. The van der Waals surface area contributed by atoms with Gasteiger partial charge in [-0.25, -0.2) is 0 Å². The average Bonchev–Trinajstić information content (AvgIpc) is 1.57. The van der Waals surface area contributed by atoms with Gasteiger partial charge in [0.05, 0.1) is 0 Å². The van der Waals surface area contributed by atoms with Crippen molar-refractivity contribution >= 4 is 0 Å². The van der Waals surface area contributed by atoms with E-state index >= 15 is 0 Å². The van der Waals surface area contributed by atoms with Crippen molar-refractivity contribution in [3.8, 4) is 0 Å². The third-order valence-corrected chi connectivity index (χ3v) is 0.938. The predicted octanol–water partition coefficient (Wildman–Crippen LogP) is 3.44. The zero-order chi connectivity index (χ0) is 8.41. The third-order valence-electron chi connectivity index (χ3n) is 0.938. The first kappa shape index (κ1) is 14.0. The molecule has 0 aliphatic carbocycles. The summed E-state index contributed by atoms with van der Waals surface area (Å²) in [6.45, 7) is 13.0. The van der Waals surface area contributed by atoms with Crippen molar-refractivity contribution in [2.24, 2.45) is 10.8 Å². The van der Waals surface area contributed by atoms with Crippen LogP contribution in [0.25, 0.3) is 0 Å². The predicted molar refractivity (Wildman–Crippen MR) is 46.7 cm³/mol. The number of hydrogen-bond acceptors (Lipinski definition) is 0. The van der Waals surface area contributed by atoms with E-state index in [4.69, 9.17) is 0 Å². The summed E-state index contributed by atoms with van der Waals surface area (Å²) < 4.78 is 0. The molecule has 0 aromatic rings. The second-order valence-electron chi connectivity index (χ2n) is 4.90. The van der Waals surface area contributed by atoms with Crippen molar-refractivity contribution in [1.29, 1.82) is 0 Å². The van der Waals surface area contributed by atoms with Gasteiger partial charge < -0.3 is 6.08 Å². The maximum Gasteiger partial charge on any atom is 2.00 e. The van der Waals surface area contributed by atoms with Gasteiger partial charge in [0.1, 0.15) is 0 Å². The van der Waals surface area contributed by atoms with Crippen molar-refractivity contribution in [3.05, 3.63) is 12.2 Å². The fourth-order valence-corrected chi connectivity index (χ4v) is 0.433. The van der Waals surface area contributed by atoms with Crippen molar-refractivity contribution < 1.29 is 21.1 Å². The van der Waals surface area contributed by atoms with Crippen LogP contribution in [-0.4, -0.2) is 0 Å². The van der Waals surface area contributed by atoms with Crippen molar-refractivity contribution in [2.45, 2.75) is 41.5 Å². The summed E-state index contributed by atoms with van der Waals surface area (Å²) in [6.07, 6.45) is 5.48. The molecule has 0 N–H and O–H groups in total. The molecule has 11 heavy (non-hydrogen) atoms. The molecular formula is C10H19W+. The molecule has 64 valence electrons. The van der Waals surface area contributed by atoms with Crippen LogP contribution < -0.4 is 0 Å². The van der Waals surface area contributed by atoms with Gasteiger partial charge >= 0.3 is 21.1 Å². The minimum atomic E-state index is 0. The van der Waals surface area contributed by atoms with E-state index in [0.717, 1.165) is 0 Å². The van der Waals surface area contributed by atoms with Crippen LogP contribution in [0.3, 0.4) is 0 Å². The fourth-order valence-electron chi connectivity index (χ4n) is 0.433. The molecule has 0 radical (unpaired) electrons. The van der Waals surface area contributed by atoms with Gasteiger partial charge in [-0.05, 0) is 0 Å². The van der Waals surface area contributed by atoms with Gasteiger partial charge in [-0.15, -0.1) is 0 Å². The molecule has 0 amide bonds. The Morgan fingerprint density at radius 1 is 0.909 bits per heavy atom. The topological polar surface area (TPSA) is 0 Å². The number of hydrogen-bond donors (Lipinski definition) is 0. The summed E-state index contributed by atoms with van der Waals surface area (Å²) in [6, 6.07) is 0. The maximum absolute atomic E-state index is 3.34. The van der Waals surface area contributed by atoms with Crippen molar-refractivity contribution in [1.82, 2.24) is 0 Å². The van der Waals surface area contributed by atoms with E-state index in [1.165, 1.54) is 0 Å². The minimum absolute atomic E-state index is 0. The van der Waals surface area contributed by atoms with Crippen molar-refractivity contribution in [2.75, 3.05) is 0 Å². The summed E-state index contributed by atoms with van der Waals surface area (Å²) in [7, 11) is 0. The molecule has 0 aromatic carbocycles. The van der Waals surface area contributed by atoms with Crippen LogP contribution in [0.2, 0.25) is 0 Å². The Morgan fingerprint density at radius 3 is 1.36 bits per heavy atom. The quantitative estimate of drug-likeness (QED) is 0.599. The van der Waals surface area contributed by atoms with Crippen LogP contribution in [0.15, 0.2) is 6.08 Å². The molecule has 0 bridgehead atoms. The Morgan fingerprint density at radius 2 is 1.27 bits per heavy atom. The SMILES string of the molecule is CC(C)(C)[C-]=CC(C)(C)C.[W+2]. The van der Waals surface area contributed by atoms with Gasteiger partial charge in [0.25, 0.3) is 0 Å². The summed E-state index contributed by atoms with van der Waals surface area (Å²) >= 11 is 0. The number of allylic oxidation sites excluding steroid dienone is 2. The molecule has 0 aliphatic heterocycles. The minimum Gasteiger partial charge on any atom is -0.494 e. The smallest absolute Gasteiger partial charge is 0.494 e.